The van der Waals surface area contributed by atoms with Crippen LogP contribution in [0.2, 0.25) is 0 Å². The fourth-order valence-electron chi connectivity index (χ4n) is 3.90. The van der Waals surface area contributed by atoms with Crippen molar-refractivity contribution < 1.29 is 9.53 Å². The van der Waals surface area contributed by atoms with Crippen molar-refractivity contribution >= 4 is 17.7 Å². The number of nitrogens with zero attached hydrogens (tertiary/aromatic N) is 3. The average Bonchev–Trinajstić information content (AvgIpc) is 3.15. The fourth-order valence-corrected chi connectivity index (χ4v) is 3.90. The molecule has 0 radical (unpaired) electrons. The third-order valence-corrected chi connectivity index (χ3v) is 5.59. The highest BCUT2D eigenvalue weighted by Crippen LogP contribution is 2.25. The van der Waals surface area contributed by atoms with Gasteiger partial charge in [-0.05, 0) is 38.7 Å². The zero-order valence-electron chi connectivity index (χ0n) is 16.9. The van der Waals surface area contributed by atoms with E-state index < -0.39 is 0 Å². The molecule has 3 heterocycles. The highest BCUT2D eigenvalue weighted by molar-refractivity contribution is 5.80. The first-order chi connectivity index (χ1) is 13.5. The lowest BCUT2D eigenvalue weighted by atomic mass is 9.97. The Bertz CT molecular complexity index is 702. The van der Waals surface area contributed by atoms with E-state index in [1.165, 1.54) is 0 Å². The van der Waals surface area contributed by atoms with Gasteiger partial charge in [0.15, 0.2) is 5.96 Å². The van der Waals surface area contributed by atoms with Gasteiger partial charge in [0.25, 0.3) is 0 Å². The van der Waals surface area contributed by atoms with Crippen LogP contribution in [0.3, 0.4) is 0 Å². The Morgan fingerprint density at radius 1 is 1.46 bits per heavy atom. The predicted molar refractivity (Wildman–Crippen MR) is 110 cm³/mol. The molecule has 0 bridgehead atoms. The fraction of sp³-hybridized carbons (Fsp3) is 0.650. The van der Waals surface area contributed by atoms with Crippen molar-refractivity contribution in [1.82, 2.24) is 15.6 Å². The predicted octanol–water partition coefficient (Wildman–Crippen LogP) is 1.02. The second kappa shape index (κ2) is 9.23. The van der Waals surface area contributed by atoms with Crippen LogP contribution in [0.5, 0.6) is 0 Å². The van der Waals surface area contributed by atoms with Gasteiger partial charge in [-0.2, -0.15) is 0 Å². The summed E-state index contributed by atoms with van der Waals surface area (Å²) in [6.45, 7) is 5.78. The summed E-state index contributed by atoms with van der Waals surface area (Å²) in [6.07, 6.45) is 5.74. The van der Waals surface area contributed by atoms with Gasteiger partial charge in [-0.3, -0.25) is 9.79 Å². The highest BCUT2D eigenvalue weighted by Gasteiger charge is 2.30. The van der Waals surface area contributed by atoms with E-state index in [9.17, 15) is 4.79 Å². The second-order valence-corrected chi connectivity index (χ2v) is 7.85. The van der Waals surface area contributed by atoms with E-state index in [1.54, 1.807) is 13.2 Å². The Labute approximate surface area is 166 Å². The van der Waals surface area contributed by atoms with E-state index in [-0.39, 0.29) is 17.4 Å². The third kappa shape index (κ3) is 5.13. The molecule has 0 aromatic carbocycles. The van der Waals surface area contributed by atoms with Gasteiger partial charge in [-0.15, -0.1) is 0 Å². The lowest BCUT2D eigenvalue weighted by molar-refractivity contribution is -0.122. The summed E-state index contributed by atoms with van der Waals surface area (Å²) >= 11 is 0. The Morgan fingerprint density at radius 3 is 3.04 bits per heavy atom. The molecule has 154 valence electrons. The molecule has 2 atom stereocenters. The summed E-state index contributed by atoms with van der Waals surface area (Å²) in [5.74, 6) is 1.30. The Balaban J connectivity index is 1.60. The Morgan fingerprint density at radius 2 is 2.32 bits per heavy atom. The van der Waals surface area contributed by atoms with Crippen LogP contribution in [-0.2, 0) is 16.1 Å². The number of hydrogen-bond donors (Lipinski definition) is 3. The third-order valence-electron chi connectivity index (χ3n) is 5.59. The normalized spacial score (nSPS) is 25.6. The van der Waals surface area contributed by atoms with Crippen molar-refractivity contribution in [3.05, 3.63) is 23.9 Å². The van der Waals surface area contributed by atoms with Crippen molar-refractivity contribution in [3.63, 3.8) is 0 Å². The number of guanidine groups is 1. The molecule has 2 unspecified atom stereocenters. The number of ether oxygens (including phenoxy) is 1. The number of nitrogens with two attached hydrogens (primary N) is 1. The minimum absolute atomic E-state index is 0.113. The highest BCUT2D eigenvalue weighted by atomic mass is 16.5. The molecule has 1 amide bonds. The van der Waals surface area contributed by atoms with Crippen molar-refractivity contribution in [2.45, 2.75) is 44.8 Å². The summed E-state index contributed by atoms with van der Waals surface area (Å²) < 4.78 is 5.83. The van der Waals surface area contributed by atoms with Gasteiger partial charge >= 0.3 is 0 Å². The van der Waals surface area contributed by atoms with Gasteiger partial charge in [-0.1, -0.05) is 6.07 Å². The first kappa shape index (κ1) is 20.4. The van der Waals surface area contributed by atoms with Crippen LogP contribution in [0.25, 0.3) is 0 Å². The van der Waals surface area contributed by atoms with Crippen LogP contribution in [0, 0.1) is 5.92 Å². The first-order valence-corrected chi connectivity index (χ1v) is 10.1. The maximum Gasteiger partial charge on any atom is 0.222 e. The van der Waals surface area contributed by atoms with Crippen LogP contribution >= 0.6 is 0 Å². The molecule has 1 aromatic heterocycles. The van der Waals surface area contributed by atoms with Crippen LogP contribution in [-0.4, -0.2) is 55.7 Å². The van der Waals surface area contributed by atoms with Crippen LogP contribution in [0.1, 0.15) is 38.2 Å². The molecule has 8 heteroatoms. The molecule has 0 spiro atoms. The van der Waals surface area contributed by atoms with Gasteiger partial charge in [0, 0.05) is 51.6 Å². The molecule has 4 N–H and O–H groups in total. The number of pyridine rings is 1. The number of piperidine rings is 1. The molecule has 28 heavy (non-hydrogen) atoms. The first-order valence-electron chi connectivity index (χ1n) is 10.1. The topological polar surface area (TPSA) is 105 Å². The van der Waals surface area contributed by atoms with Gasteiger partial charge in [-0.25, -0.2) is 4.98 Å². The van der Waals surface area contributed by atoms with Gasteiger partial charge in [0.2, 0.25) is 5.91 Å². The average molecular weight is 389 g/mol. The molecule has 2 aliphatic rings. The molecule has 0 saturated carbocycles. The quantitative estimate of drug-likeness (QED) is 0.496. The standard InChI is InChI=1S/C20H32N6O2/c1-20(8-5-11-28-20)14-25-19(22-2)24-12-15-6-3-9-23-18(15)26-10-4-7-16(13-26)17(21)27/h3,6,9,16H,4-5,7-8,10-14H2,1-2H3,(H2,21,27)(H2,22,24,25). The number of aliphatic imine (C=N–C) groups is 1. The van der Waals surface area contributed by atoms with Crippen molar-refractivity contribution in [2.75, 3.05) is 38.2 Å². The van der Waals surface area contributed by atoms with Gasteiger partial charge in [0.1, 0.15) is 5.82 Å². The molecular weight excluding hydrogens is 356 g/mol. The van der Waals surface area contributed by atoms with Gasteiger partial charge < -0.3 is 26.0 Å². The maximum absolute atomic E-state index is 11.6. The lowest BCUT2D eigenvalue weighted by Crippen LogP contribution is -2.45. The molecule has 0 aliphatic carbocycles. The number of amides is 1. The number of carbonyl (C=O) groups is 1. The number of hydrogen-bond acceptors (Lipinski definition) is 5. The number of primary amides is 1. The van der Waals surface area contributed by atoms with E-state index >= 15 is 0 Å². The van der Waals surface area contributed by atoms with Crippen LogP contribution in [0.4, 0.5) is 5.82 Å². The summed E-state index contributed by atoms with van der Waals surface area (Å²) in [6, 6.07) is 3.98. The van der Waals surface area contributed by atoms with E-state index in [0.29, 0.717) is 13.1 Å². The van der Waals surface area contributed by atoms with E-state index in [0.717, 1.165) is 62.7 Å². The SMILES string of the molecule is CN=C(NCc1cccnc1N1CCCC(C(N)=O)C1)NCC1(C)CCCO1. The Kier molecular flexibility index (Phi) is 6.72. The molecule has 8 nitrogen and oxygen atoms in total. The summed E-state index contributed by atoms with van der Waals surface area (Å²) in [5.41, 5.74) is 6.46. The molecular formula is C20H32N6O2. The lowest BCUT2D eigenvalue weighted by Gasteiger charge is -2.33. The Hall–Kier alpha value is -2.35. The maximum atomic E-state index is 11.6. The number of rotatable bonds is 6. The minimum atomic E-state index is -0.229. The van der Waals surface area contributed by atoms with Crippen LogP contribution in [0.15, 0.2) is 23.3 Å². The van der Waals surface area contributed by atoms with Crippen molar-refractivity contribution in [2.24, 2.45) is 16.6 Å². The van der Waals surface area contributed by atoms with Crippen molar-refractivity contribution in [1.29, 1.82) is 0 Å². The molecule has 1 aromatic rings. The van der Waals surface area contributed by atoms with Crippen LogP contribution < -0.4 is 21.3 Å². The van der Waals surface area contributed by atoms with Crippen molar-refractivity contribution in [3.8, 4) is 0 Å². The number of anilines is 1. The number of nitrogens with one attached hydrogen (secondary N) is 2. The monoisotopic (exact) mass is 388 g/mol. The number of carbonyl (C=O) groups excluding carboxylic acids is 1. The molecule has 3 rings (SSSR count). The zero-order chi connectivity index (χ0) is 20.0. The second-order valence-electron chi connectivity index (χ2n) is 7.85. The zero-order valence-corrected chi connectivity index (χ0v) is 16.9. The summed E-state index contributed by atoms with van der Waals surface area (Å²) in [7, 11) is 1.76. The minimum Gasteiger partial charge on any atom is -0.373 e. The molecule has 2 saturated heterocycles. The van der Waals surface area contributed by atoms with E-state index in [4.69, 9.17) is 10.5 Å². The van der Waals surface area contributed by atoms with E-state index in [1.807, 2.05) is 6.07 Å². The van der Waals surface area contributed by atoms with Gasteiger partial charge in [0.05, 0.1) is 11.5 Å². The summed E-state index contributed by atoms with van der Waals surface area (Å²) in [4.78, 5) is 22.7. The number of aromatic nitrogens is 1. The molecule has 2 fully saturated rings. The molecule has 2 aliphatic heterocycles. The van der Waals surface area contributed by atoms with E-state index in [2.05, 4.69) is 38.5 Å². The largest absolute Gasteiger partial charge is 0.373 e. The smallest absolute Gasteiger partial charge is 0.222 e. The summed E-state index contributed by atoms with van der Waals surface area (Å²) in [5, 5.41) is 6.73.